The molecule has 5 heteroatoms. The first kappa shape index (κ1) is 14.4. The summed E-state index contributed by atoms with van der Waals surface area (Å²) in [6, 6.07) is 0. The molecule has 1 aliphatic heterocycles. The zero-order valence-electron chi connectivity index (χ0n) is 10.6. The molecule has 0 spiro atoms. The van der Waals surface area contributed by atoms with Crippen molar-refractivity contribution in [3.63, 3.8) is 0 Å². The van der Waals surface area contributed by atoms with Gasteiger partial charge in [0.1, 0.15) is 18.8 Å². The summed E-state index contributed by atoms with van der Waals surface area (Å²) in [6.07, 6.45) is 4.94. The maximum atomic E-state index is 10.9. The maximum Gasteiger partial charge on any atom is 0.303 e. The molecule has 3 atom stereocenters. The molecule has 0 radical (unpaired) electrons. The highest BCUT2D eigenvalue weighted by molar-refractivity contribution is 5.66. The minimum absolute atomic E-state index is 0.159. The predicted octanol–water partition coefficient (Wildman–Crippen LogP) is 1.38. The van der Waals surface area contributed by atoms with Gasteiger partial charge < -0.3 is 14.2 Å². The molecule has 0 aromatic rings. The van der Waals surface area contributed by atoms with Crippen LogP contribution in [0.4, 0.5) is 0 Å². The molecule has 0 saturated carbocycles. The molecule has 0 aromatic carbocycles. The second-order valence-electron chi connectivity index (χ2n) is 3.99. The average Bonchev–Trinajstić information content (AvgIpc) is 2.65. The van der Waals surface area contributed by atoms with E-state index in [2.05, 4.69) is 6.58 Å². The summed E-state index contributed by atoms with van der Waals surface area (Å²) in [5.41, 5.74) is 0. The van der Waals surface area contributed by atoms with E-state index in [1.165, 1.54) is 13.8 Å². The predicted molar refractivity (Wildman–Crippen MR) is 64.8 cm³/mol. The van der Waals surface area contributed by atoms with Crippen LogP contribution in [-0.4, -0.2) is 36.9 Å². The Labute approximate surface area is 106 Å². The molecule has 1 fully saturated rings. The van der Waals surface area contributed by atoms with Crippen molar-refractivity contribution in [1.29, 1.82) is 0 Å². The Bertz CT molecular complexity index is 347. The van der Waals surface area contributed by atoms with E-state index in [9.17, 15) is 9.59 Å². The van der Waals surface area contributed by atoms with Crippen LogP contribution in [0, 0.1) is 0 Å². The van der Waals surface area contributed by atoms with Crippen molar-refractivity contribution in [2.24, 2.45) is 0 Å². The lowest BCUT2D eigenvalue weighted by Gasteiger charge is -2.13. The molecule has 0 unspecified atom stereocenters. The van der Waals surface area contributed by atoms with Crippen LogP contribution in [0.2, 0.25) is 0 Å². The van der Waals surface area contributed by atoms with E-state index in [-0.39, 0.29) is 36.9 Å². The number of rotatable bonds is 5. The summed E-state index contributed by atoms with van der Waals surface area (Å²) in [6.45, 7) is 6.58. The van der Waals surface area contributed by atoms with Gasteiger partial charge in [-0.1, -0.05) is 12.2 Å². The van der Waals surface area contributed by atoms with Gasteiger partial charge in [0.25, 0.3) is 0 Å². The van der Waals surface area contributed by atoms with Gasteiger partial charge in [-0.15, -0.1) is 6.58 Å². The SMILES string of the molecule is C=C[C@H]1O[C@@H](/C=C/COC(C)=O)C[C@H]1OC(C)=O. The molecule has 1 rings (SSSR count). The Morgan fingerprint density at radius 1 is 1.39 bits per heavy atom. The van der Waals surface area contributed by atoms with Crippen LogP contribution in [0.25, 0.3) is 0 Å². The first-order chi connectivity index (χ1) is 8.52. The largest absolute Gasteiger partial charge is 0.462 e. The Morgan fingerprint density at radius 3 is 2.67 bits per heavy atom. The van der Waals surface area contributed by atoms with Crippen molar-refractivity contribution in [2.75, 3.05) is 6.61 Å². The highest BCUT2D eigenvalue weighted by Crippen LogP contribution is 2.25. The number of esters is 2. The van der Waals surface area contributed by atoms with Gasteiger partial charge in [0.15, 0.2) is 0 Å². The van der Waals surface area contributed by atoms with Crippen LogP contribution >= 0.6 is 0 Å². The van der Waals surface area contributed by atoms with Gasteiger partial charge in [-0.3, -0.25) is 9.59 Å². The van der Waals surface area contributed by atoms with Gasteiger partial charge in [-0.2, -0.15) is 0 Å². The molecule has 0 aliphatic carbocycles. The quantitative estimate of drug-likeness (QED) is 0.548. The highest BCUT2D eigenvalue weighted by atomic mass is 16.6. The smallest absolute Gasteiger partial charge is 0.303 e. The molecular formula is C13H18O5. The first-order valence-electron chi connectivity index (χ1n) is 5.78. The van der Waals surface area contributed by atoms with Crippen molar-refractivity contribution < 1.29 is 23.8 Å². The van der Waals surface area contributed by atoms with Crippen molar-refractivity contribution in [3.8, 4) is 0 Å². The molecule has 1 heterocycles. The average molecular weight is 254 g/mol. The van der Waals surface area contributed by atoms with E-state index in [1.807, 2.05) is 0 Å². The first-order valence-corrected chi connectivity index (χ1v) is 5.78. The van der Waals surface area contributed by atoms with Crippen molar-refractivity contribution in [1.82, 2.24) is 0 Å². The zero-order chi connectivity index (χ0) is 13.5. The third kappa shape index (κ3) is 4.71. The number of hydrogen-bond acceptors (Lipinski definition) is 5. The van der Waals surface area contributed by atoms with Gasteiger partial charge in [-0.25, -0.2) is 0 Å². The molecule has 18 heavy (non-hydrogen) atoms. The van der Waals surface area contributed by atoms with Crippen LogP contribution in [0.3, 0.4) is 0 Å². The monoisotopic (exact) mass is 254 g/mol. The van der Waals surface area contributed by atoms with Crippen LogP contribution in [0.5, 0.6) is 0 Å². The third-order valence-corrected chi connectivity index (χ3v) is 2.45. The molecule has 0 amide bonds. The normalized spacial score (nSPS) is 27.1. The van der Waals surface area contributed by atoms with Crippen molar-refractivity contribution in [2.45, 2.75) is 38.6 Å². The molecule has 0 N–H and O–H groups in total. The minimum Gasteiger partial charge on any atom is -0.462 e. The molecular weight excluding hydrogens is 236 g/mol. The summed E-state index contributed by atoms with van der Waals surface area (Å²) in [7, 11) is 0. The number of ether oxygens (including phenoxy) is 3. The number of carbonyl (C=O) groups excluding carboxylic acids is 2. The Hall–Kier alpha value is -1.62. The van der Waals surface area contributed by atoms with Gasteiger partial charge in [0.2, 0.25) is 0 Å². The van der Waals surface area contributed by atoms with E-state index in [0.717, 1.165) is 0 Å². The lowest BCUT2D eigenvalue weighted by molar-refractivity contribution is -0.147. The summed E-state index contributed by atoms with van der Waals surface area (Å²) < 4.78 is 15.5. The topological polar surface area (TPSA) is 61.8 Å². The Kier molecular flexibility index (Phi) is 5.58. The Morgan fingerprint density at radius 2 is 2.11 bits per heavy atom. The summed E-state index contributed by atoms with van der Waals surface area (Å²) in [5.74, 6) is -0.659. The second-order valence-corrected chi connectivity index (χ2v) is 3.99. The molecule has 100 valence electrons. The fraction of sp³-hybridized carbons (Fsp3) is 0.538. The van der Waals surface area contributed by atoms with E-state index in [1.54, 1.807) is 18.2 Å². The van der Waals surface area contributed by atoms with Crippen molar-refractivity contribution in [3.05, 3.63) is 24.8 Å². The fourth-order valence-corrected chi connectivity index (χ4v) is 1.74. The van der Waals surface area contributed by atoms with E-state index in [4.69, 9.17) is 14.2 Å². The maximum absolute atomic E-state index is 10.9. The fourth-order valence-electron chi connectivity index (χ4n) is 1.74. The van der Waals surface area contributed by atoms with Gasteiger partial charge in [0, 0.05) is 20.3 Å². The standard InChI is InChI=1S/C13H18O5/c1-4-12-13(17-10(3)15)8-11(18-12)6-5-7-16-9(2)14/h4-6,11-13H,1,7-8H2,2-3H3/b6-5+/t11-,12+,13+/m0/s1. The van der Waals surface area contributed by atoms with Gasteiger partial charge >= 0.3 is 11.9 Å². The van der Waals surface area contributed by atoms with E-state index >= 15 is 0 Å². The third-order valence-electron chi connectivity index (χ3n) is 2.45. The number of carbonyl (C=O) groups is 2. The van der Waals surface area contributed by atoms with Gasteiger partial charge in [0.05, 0.1) is 6.10 Å². The summed E-state index contributed by atoms with van der Waals surface area (Å²) >= 11 is 0. The van der Waals surface area contributed by atoms with E-state index < -0.39 is 0 Å². The summed E-state index contributed by atoms with van der Waals surface area (Å²) in [4.78, 5) is 21.5. The zero-order valence-corrected chi connectivity index (χ0v) is 10.6. The molecule has 5 nitrogen and oxygen atoms in total. The van der Waals surface area contributed by atoms with Crippen LogP contribution in [-0.2, 0) is 23.8 Å². The molecule has 0 bridgehead atoms. The minimum atomic E-state index is -0.333. The van der Waals surface area contributed by atoms with Gasteiger partial charge in [-0.05, 0) is 6.08 Å². The van der Waals surface area contributed by atoms with Crippen LogP contribution in [0.15, 0.2) is 24.8 Å². The van der Waals surface area contributed by atoms with Crippen LogP contribution in [0.1, 0.15) is 20.3 Å². The molecule has 1 aliphatic rings. The van der Waals surface area contributed by atoms with Crippen LogP contribution < -0.4 is 0 Å². The lowest BCUT2D eigenvalue weighted by Crippen LogP contribution is -2.24. The summed E-state index contributed by atoms with van der Waals surface area (Å²) in [5, 5.41) is 0. The Balaban J connectivity index is 2.43. The highest BCUT2D eigenvalue weighted by Gasteiger charge is 2.34. The molecule has 1 saturated heterocycles. The lowest BCUT2D eigenvalue weighted by atomic mass is 10.1. The number of hydrogen-bond donors (Lipinski definition) is 0. The second kappa shape index (κ2) is 6.96. The van der Waals surface area contributed by atoms with Crippen molar-refractivity contribution >= 4 is 11.9 Å². The molecule has 0 aromatic heterocycles. The van der Waals surface area contributed by atoms with E-state index in [0.29, 0.717) is 6.42 Å².